The Morgan fingerprint density at radius 1 is 1.39 bits per heavy atom. The van der Waals surface area contributed by atoms with E-state index in [1.807, 2.05) is 18.2 Å². The van der Waals surface area contributed by atoms with Crippen LogP contribution in [0.2, 0.25) is 0 Å². The lowest BCUT2D eigenvalue weighted by Crippen LogP contribution is -2.25. The van der Waals surface area contributed by atoms with Crippen LogP contribution in [0.5, 0.6) is 0 Å². The summed E-state index contributed by atoms with van der Waals surface area (Å²) in [7, 11) is 1.55. The summed E-state index contributed by atoms with van der Waals surface area (Å²) in [6, 6.07) is 5.74. The number of hydrogen-bond acceptors (Lipinski definition) is 5. The molecule has 0 spiro atoms. The number of hydrogen-bond donors (Lipinski definition) is 1. The van der Waals surface area contributed by atoms with Gasteiger partial charge in [-0.15, -0.1) is 0 Å². The first-order chi connectivity index (χ1) is 11.1. The third kappa shape index (κ3) is 3.16. The number of rotatable bonds is 6. The van der Waals surface area contributed by atoms with E-state index < -0.39 is 0 Å². The predicted molar refractivity (Wildman–Crippen MR) is 81.8 cm³/mol. The summed E-state index contributed by atoms with van der Waals surface area (Å²) in [5.74, 6) is 0.287. The highest BCUT2D eigenvalue weighted by Gasteiger charge is 2.28. The summed E-state index contributed by atoms with van der Waals surface area (Å²) < 4.78 is 2.43. The fourth-order valence-corrected chi connectivity index (χ4v) is 2.45. The van der Waals surface area contributed by atoms with Crippen molar-refractivity contribution < 1.29 is 9.63 Å². The highest BCUT2D eigenvalue weighted by Crippen LogP contribution is 2.42. The van der Waals surface area contributed by atoms with Gasteiger partial charge in [-0.2, -0.15) is 9.36 Å². The maximum atomic E-state index is 12.1. The molecule has 1 fully saturated rings. The molecule has 0 bridgehead atoms. The minimum Gasteiger partial charge on any atom is -0.273 e. The normalized spacial score (nSPS) is 14.0. The van der Waals surface area contributed by atoms with Crippen molar-refractivity contribution in [2.24, 2.45) is 7.05 Å². The first-order valence-electron chi connectivity index (χ1n) is 7.63. The number of hydroxylamine groups is 1. The minimum absolute atomic E-state index is 0.177. The Hall–Kier alpha value is -2.48. The lowest BCUT2D eigenvalue weighted by molar-refractivity contribution is -0.134. The summed E-state index contributed by atoms with van der Waals surface area (Å²) in [6.45, 7) is 1.93. The van der Waals surface area contributed by atoms with Gasteiger partial charge >= 0.3 is 5.69 Å². The number of carbonyl (C=O) groups is 1. The van der Waals surface area contributed by atoms with Gasteiger partial charge in [-0.05, 0) is 40.8 Å². The van der Waals surface area contributed by atoms with E-state index >= 15 is 0 Å². The summed E-state index contributed by atoms with van der Waals surface area (Å²) in [4.78, 5) is 28.8. The molecule has 1 saturated carbocycles. The van der Waals surface area contributed by atoms with Gasteiger partial charge in [-0.3, -0.25) is 9.63 Å². The molecule has 8 nitrogen and oxygen atoms in total. The number of nitrogens with zero attached hydrogens (tertiary/aromatic N) is 4. The molecule has 1 N–H and O–H groups in total. The number of amides is 1. The zero-order chi connectivity index (χ0) is 16.4. The molecule has 1 aliphatic carbocycles. The van der Waals surface area contributed by atoms with Gasteiger partial charge in [0.2, 0.25) is 5.91 Å². The van der Waals surface area contributed by atoms with Crippen LogP contribution in [-0.2, 0) is 23.3 Å². The van der Waals surface area contributed by atoms with Crippen LogP contribution < -0.4 is 11.2 Å². The summed E-state index contributed by atoms with van der Waals surface area (Å²) >= 11 is 0. The van der Waals surface area contributed by atoms with E-state index in [0.29, 0.717) is 18.0 Å². The maximum absolute atomic E-state index is 12.1. The number of benzene rings is 1. The van der Waals surface area contributed by atoms with Crippen LogP contribution in [0.4, 0.5) is 0 Å². The zero-order valence-electron chi connectivity index (χ0n) is 13.2. The molecule has 2 aromatic rings. The topological polar surface area (TPSA) is 91.0 Å². The summed E-state index contributed by atoms with van der Waals surface area (Å²) in [5, 5.41) is 7.65. The molecule has 0 unspecified atom stereocenters. The SMILES string of the molecule is CCC(=O)NOCc1c(C2CC2)cccc1-n1nnn(C)c1=O. The predicted octanol–water partition coefficient (Wildman–Crippen LogP) is 0.801. The van der Waals surface area contributed by atoms with Crippen molar-refractivity contribution in [1.29, 1.82) is 0 Å². The van der Waals surface area contributed by atoms with Crippen LogP contribution in [0.25, 0.3) is 5.69 Å². The Bertz CT molecular complexity index is 776. The van der Waals surface area contributed by atoms with Crippen LogP contribution in [0.1, 0.15) is 43.2 Å². The second-order valence-electron chi connectivity index (χ2n) is 5.58. The van der Waals surface area contributed by atoms with Gasteiger partial charge < -0.3 is 0 Å². The lowest BCUT2D eigenvalue weighted by Gasteiger charge is -2.14. The molecule has 23 heavy (non-hydrogen) atoms. The van der Waals surface area contributed by atoms with Crippen LogP contribution in [0.3, 0.4) is 0 Å². The van der Waals surface area contributed by atoms with Crippen LogP contribution >= 0.6 is 0 Å². The number of tetrazole rings is 1. The largest absolute Gasteiger partial charge is 0.368 e. The molecule has 1 heterocycles. The van der Waals surface area contributed by atoms with Crippen molar-refractivity contribution in [3.8, 4) is 5.69 Å². The molecule has 8 heteroatoms. The van der Waals surface area contributed by atoms with Gasteiger partial charge in [0.15, 0.2) is 0 Å². The van der Waals surface area contributed by atoms with E-state index in [1.165, 1.54) is 9.36 Å². The smallest absolute Gasteiger partial charge is 0.273 e. The number of carbonyl (C=O) groups excluding carboxylic acids is 1. The molecule has 1 aromatic carbocycles. The van der Waals surface area contributed by atoms with Crippen LogP contribution in [0.15, 0.2) is 23.0 Å². The molecule has 122 valence electrons. The van der Waals surface area contributed by atoms with Crippen molar-refractivity contribution in [3.05, 3.63) is 39.8 Å². The highest BCUT2D eigenvalue weighted by molar-refractivity contribution is 5.74. The molecular formula is C15H19N5O3. The molecule has 0 aliphatic heterocycles. The minimum atomic E-state index is -0.322. The zero-order valence-corrected chi connectivity index (χ0v) is 13.2. The van der Waals surface area contributed by atoms with E-state index in [-0.39, 0.29) is 18.2 Å². The highest BCUT2D eigenvalue weighted by atomic mass is 16.6. The lowest BCUT2D eigenvalue weighted by atomic mass is 10.0. The molecule has 0 atom stereocenters. The molecule has 1 aromatic heterocycles. The van der Waals surface area contributed by atoms with Crippen molar-refractivity contribution in [2.45, 2.75) is 38.7 Å². The second-order valence-corrected chi connectivity index (χ2v) is 5.58. The first-order valence-corrected chi connectivity index (χ1v) is 7.63. The number of aryl methyl sites for hydroxylation is 1. The third-order valence-electron chi connectivity index (χ3n) is 3.88. The van der Waals surface area contributed by atoms with Crippen LogP contribution in [-0.4, -0.2) is 25.7 Å². The summed E-state index contributed by atoms with van der Waals surface area (Å²) in [6.07, 6.45) is 2.58. The van der Waals surface area contributed by atoms with E-state index in [0.717, 1.165) is 24.0 Å². The molecular weight excluding hydrogens is 298 g/mol. The molecule has 1 aliphatic rings. The van der Waals surface area contributed by atoms with Gasteiger partial charge in [-0.1, -0.05) is 19.1 Å². The van der Waals surface area contributed by atoms with Crippen molar-refractivity contribution in [2.75, 3.05) is 0 Å². The first kappa shape index (κ1) is 15.4. The third-order valence-corrected chi connectivity index (χ3v) is 3.88. The fourth-order valence-electron chi connectivity index (χ4n) is 2.45. The van der Waals surface area contributed by atoms with Gasteiger partial charge in [-0.25, -0.2) is 10.3 Å². The Morgan fingerprint density at radius 2 is 2.17 bits per heavy atom. The standard InChI is InChI=1S/C15H19N5O3/c1-3-14(21)16-23-9-12-11(10-7-8-10)5-4-6-13(12)20-15(22)19(2)17-18-20/h4-6,10H,3,7-9H2,1-2H3,(H,16,21). The quantitative estimate of drug-likeness (QED) is 0.796. The van der Waals surface area contributed by atoms with Crippen molar-refractivity contribution in [3.63, 3.8) is 0 Å². The van der Waals surface area contributed by atoms with Gasteiger partial charge in [0, 0.05) is 19.0 Å². The maximum Gasteiger partial charge on any atom is 0.368 e. The van der Waals surface area contributed by atoms with Gasteiger partial charge in [0.25, 0.3) is 0 Å². The Kier molecular flexibility index (Phi) is 4.24. The Labute approximate surface area is 133 Å². The molecule has 1 amide bonds. The van der Waals surface area contributed by atoms with E-state index in [1.54, 1.807) is 14.0 Å². The van der Waals surface area contributed by atoms with Gasteiger partial charge in [0.05, 0.1) is 5.69 Å². The van der Waals surface area contributed by atoms with E-state index in [2.05, 4.69) is 15.9 Å². The van der Waals surface area contributed by atoms with Crippen LogP contribution in [0, 0.1) is 0 Å². The number of aromatic nitrogens is 4. The Balaban J connectivity index is 1.95. The number of nitrogens with one attached hydrogen (secondary N) is 1. The molecule has 3 rings (SSSR count). The fraction of sp³-hybridized carbons (Fsp3) is 0.467. The van der Waals surface area contributed by atoms with Crippen molar-refractivity contribution in [1.82, 2.24) is 25.3 Å². The molecule has 0 radical (unpaired) electrons. The van der Waals surface area contributed by atoms with E-state index in [9.17, 15) is 9.59 Å². The monoisotopic (exact) mass is 317 g/mol. The average molecular weight is 317 g/mol. The van der Waals surface area contributed by atoms with E-state index in [4.69, 9.17) is 4.84 Å². The second kappa shape index (κ2) is 6.33. The van der Waals surface area contributed by atoms with Crippen molar-refractivity contribution >= 4 is 5.91 Å². The van der Waals surface area contributed by atoms with Gasteiger partial charge in [0.1, 0.15) is 6.61 Å². The summed E-state index contributed by atoms with van der Waals surface area (Å²) in [5.41, 5.74) is 4.70. The average Bonchev–Trinajstić information content (AvgIpc) is 3.35. The molecule has 0 saturated heterocycles. The Morgan fingerprint density at radius 3 is 2.78 bits per heavy atom.